The molecule has 1 atom stereocenters. The van der Waals surface area contributed by atoms with Crippen LogP contribution in [-0.2, 0) is 0 Å². The number of hydrogen-bond acceptors (Lipinski definition) is 3. The minimum atomic E-state index is -0.231. The van der Waals surface area contributed by atoms with Gasteiger partial charge < -0.3 is 14.2 Å². The first-order chi connectivity index (χ1) is 10.2. The number of benzene rings is 2. The van der Waals surface area contributed by atoms with Crippen molar-refractivity contribution >= 4 is 11.6 Å². The summed E-state index contributed by atoms with van der Waals surface area (Å²) in [5.74, 6) is 2.40. The SMILES string of the molecule is COc1ccc(C(Cl)c2ccc3c(c2)OCCO3)cc1C. The highest BCUT2D eigenvalue weighted by molar-refractivity contribution is 6.22. The monoisotopic (exact) mass is 304 g/mol. The van der Waals surface area contributed by atoms with Crippen molar-refractivity contribution in [2.45, 2.75) is 12.3 Å². The van der Waals surface area contributed by atoms with Crippen LogP contribution >= 0.6 is 11.6 Å². The minimum absolute atomic E-state index is 0.231. The van der Waals surface area contributed by atoms with E-state index in [0.29, 0.717) is 13.2 Å². The molecule has 1 heterocycles. The van der Waals surface area contributed by atoms with Gasteiger partial charge in [0, 0.05) is 0 Å². The van der Waals surface area contributed by atoms with Gasteiger partial charge in [-0.25, -0.2) is 0 Å². The van der Waals surface area contributed by atoms with Crippen LogP contribution in [0.25, 0.3) is 0 Å². The van der Waals surface area contributed by atoms with E-state index in [1.54, 1.807) is 7.11 Å². The quantitative estimate of drug-likeness (QED) is 0.799. The van der Waals surface area contributed by atoms with E-state index >= 15 is 0 Å². The zero-order valence-electron chi connectivity index (χ0n) is 12.1. The van der Waals surface area contributed by atoms with Crippen molar-refractivity contribution in [2.75, 3.05) is 20.3 Å². The van der Waals surface area contributed by atoms with Gasteiger partial charge in [-0.3, -0.25) is 0 Å². The van der Waals surface area contributed by atoms with Gasteiger partial charge in [0.1, 0.15) is 19.0 Å². The van der Waals surface area contributed by atoms with Gasteiger partial charge in [0.2, 0.25) is 0 Å². The fraction of sp³-hybridized carbons (Fsp3) is 0.294. The van der Waals surface area contributed by atoms with Crippen LogP contribution in [-0.4, -0.2) is 20.3 Å². The van der Waals surface area contributed by atoms with Crippen LogP contribution in [0.15, 0.2) is 36.4 Å². The molecule has 0 saturated heterocycles. The molecular formula is C17H17ClO3. The number of alkyl halides is 1. The number of aryl methyl sites for hydroxylation is 1. The molecule has 0 aromatic heterocycles. The Morgan fingerprint density at radius 2 is 1.67 bits per heavy atom. The van der Waals surface area contributed by atoms with Gasteiger partial charge in [-0.15, -0.1) is 11.6 Å². The predicted molar refractivity (Wildman–Crippen MR) is 82.9 cm³/mol. The van der Waals surface area contributed by atoms with Crippen LogP contribution in [0.1, 0.15) is 22.1 Å². The topological polar surface area (TPSA) is 27.7 Å². The summed E-state index contributed by atoms with van der Waals surface area (Å²) in [5.41, 5.74) is 3.09. The molecule has 0 bridgehead atoms. The number of hydrogen-bond donors (Lipinski definition) is 0. The molecule has 1 aliphatic heterocycles. The summed E-state index contributed by atoms with van der Waals surface area (Å²) < 4.78 is 16.4. The van der Waals surface area contributed by atoms with Gasteiger partial charge in [0.15, 0.2) is 11.5 Å². The Morgan fingerprint density at radius 3 is 2.38 bits per heavy atom. The van der Waals surface area contributed by atoms with Gasteiger partial charge in [-0.2, -0.15) is 0 Å². The molecular weight excluding hydrogens is 288 g/mol. The lowest BCUT2D eigenvalue weighted by atomic mass is 10.0. The van der Waals surface area contributed by atoms with E-state index in [9.17, 15) is 0 Å². The van der Waals surface area contributed by atoms with Crippen molar-refractivity contribution < 1.29 is 14.2 Å². The molecule has 0 saturated carbocycles. The Morgan fingerprint density at radius 1 is 1.00 bits per heavy atom. The number of halogens is 1. The number of ether oxygens (including phenoxy) is 3. The van der Waals surface area contributed by atoms with Crippen LogP contribution in [0.2, 0.25) is 0 Å². The average molecular weight is 305 g/mol. The van der Waals surface area contributed by atoms with Crippen LogP contribution in [0.4, 0.5) is 0 Å². The van der Waals surface area contributed by atoms with E-state index in [1.807, 2.05) is 43.3 Å². The van der Waals surface area contributed by atoms with Crippen LogP contribution in [0.5, 0.6) is 17.2 Å². The Bertz CT molecular complexity index is 654. The van der Waals surface area contributed by atoms with Crippen molar-refractivity contribution in [2.24, 2.45) is 0 Å². The van der Waals surface area contributed by atoms with Crippen molar-refractivity contribution in [1.82, 2.24) is 0 Å². The lowest BCUT2D eigenvalue weighted by Crippen LogP contribution is -2.15. The summed E-state index contributed by atoms with van der Waals surface area (Å²) in [7, 11) is 1.67. The summed E-state index contributed by atoms with van der Waals surface area (Å²) in [4.78, 5) is 0. The molecule has 3 nitrogen and oxygen atoms in total. The third kappa shape index (κ3) is 2.79. The zero-order valence-corrected chi connectivity index (χ0v) is 12.8. The Labute approximate surface area is 129 Å². The normalized spacial score (nSPS) is 14.6. The maximum Gasteiger partial charge on any atom is 0.161 e. The molecule has 1 aliphatic rings. The Balaban J connectivity index is 1.91. The first kappa shape index (κ1) is 14.1. The van der Waals surface area contributed by atoms with Gasteiger partial charge >= 0.3 is 0 Å². The van der Waals surface area contributed by atoms with E-state index in [2.05, 4.69) is 0 Å². The summed E-state index contributed by atoms with van der Waals surface area (Å²) in [5, 5.41) is -0.231. The maximum atomic E-state index is 6.60. The molecule has 0 fully saturated rings. The van der Waals surface area contributed by atoms with Gasteiger partial charge in [0.05, 0.1) is 12.5 Å². The third-order valence-corrected chi connectivity index (χ3v) is 4.07. The van der Waals surface area contributed by atoms with E-state index in [4.69, 9.17) is 25.8 Å². The summed E-state index contributed by atoms with van der Waals surface area (Å²) >= 11 is 6.60. The number of rotatable bonds is 3. The smallest absolute Gasteiger partial charge is 0.161 e. The summed E-state index contributed by atoms with van der Waals surface area (Å²) in [6, 6.07) is 11.8. The number of fused-ring (bicyclic) bond motifs is 1. The fourth-order valence-electron chi connectivity index (χ4n) is 2.47. The largest absolute Gasteiger partial charge is 0.496 e. The second-order valence-electron chi connectivity index (χ2n) is 4.99. The molecule has 4 heteroatoms. The summed E-state index contributed by atoms with van der Waals surface area (Å²) in [6.07, 6.45) is 0. The van der Waals surface area contributed by atoms with E-state index in [-0.39, 0.29) is 5.38 Å². The predicted octanol–water partition coefficient (Wildman–Crippen LogP) is 4.10. The molecule has 0 radical (unpaired) electrons. The van der Waals surface area contributed by atoms with Crippen molar-refractivity contribution in [3.05, 3.63) is 53.1 Å². The average Bonchev–Trinajstić information content (AvgIpc) is 2.53. The zero-order chi connectivity index (χ0) is 14.8. The first-order valence-corrected chi connectivity index (χ1v) is 7.31. The van der Waals surface area contributed by atoms with Crippen molar-refractivity contribution in [1.29, 1.82) is 0 Å². The second-order valence-corrected chi connectivity index (χ2v) is 5.43. The fourth-order valence-corrected chi connectivity index (χ4v) is 2.74. The van der Waals surface area contributed by atoms with Crippen LogP contribution < -0.4 is 14.2 Å². The summed E-state index contributed by atoms with van der Waals surface area (Å²) in [6.45, 7) is 3.18. The lowest BCUT2D eigenvalue weighted by Gasteiger charge is -2.20. The molecule has 0 aliphatic carbocycles. The molecule has 0 N–H and O–H groups in total. The molecule has 110 valence electrons. The van der Waals surface area contributed by atoms with Gasteiger partial charge in [-0.05, 0) is 41.8 Å². The molecule has 0 spiro atoms. The lowest BCUT2D eigenvalue weighted by molar-refractivity contribution is 0.171. The van der Waals surface area contributed by atoms with Crippen molar-refractivity contribution in [3.8, 4) is 17.2 Å². The Kier molecular flexibility index (Phi) is 3.93. The molecule has 2 aromatic carbocycles. The third-order valence-electron chi connectivity index (χ3n) is 3.57. The van der Waals surface area contributed by atoms with Gasteiger partial charge in [-0.1, -0.05) is 18.2 Å². The number of methoxy groups -OCH3 is 1. The minimum Gasteiger partial charge on any atom is -0.496 e. The molecule has 3 rings (SSSR count). The maximum absolute atomic E-state index is 6.60. The highest BCUT2D eigenvalue weighted by Gasteiger charge is 2.17. The molecule has 2 aromatic rings. The highest BCUT2D eigenvalue weighted by atomic mass is 35.5. The molecule has 1 unspecified atom stereocenters. The van der Waals surface area contributed by atoms with E-state index in [1.165, 1.54) is 0 Å². The first-order valence-electron chi connectivity index (χ1n) is 6.87. The Hall–Kier alpha value is -1.87. The second kappa shape index (κ2) is 5.86. The standard InChI is InChI=1S/C17H17ClO3/c1-11-9-12(3-5-14(11)19-2)17(18)13-4-6-15-16(10-13)21-8-7-20-15/h3-6,9-10,17H,7-8H2,1-2H3. The van der Waals surface area contributed by atoms with Gasteiger partial charge in [0.25, 0.3) is 0 Å². The molecule has 21 heavy (non-hydrogen) atoms. The molecule has 0 amide bonds. The van der Waals surface area contributed by atoms with Crippen LogP contribution in [0.3, 0.4) is 0 Å². The van der Waals surface area contributed by atoms with Crippen molar-refractivity contribution in [3.63, 3.8) is 0 Å². The van der Waals surface area contributed by atoms with Crippen LogP contribution in [0, 0.1) is 6.92 Å². The van der Waals surface area contributed by atoms with E-state index < -0.39 is 0 Å². The van der Waals surface area contributed by atoms with E-state index in [0.717, 1.165) is 33.9 Å². The highest BCUT2D eigenvalue weighted by Crippen LogP contribution is 2.37.